The van der Waals surface area contributed by atoms with Gasteiger partial charge in [0, 0.05) is 59.9 Å². The second kappa shape index (κ2) is 9.32. The third-order valence-corrected chi connectivity index (χ3v) is 8.68. The highest BCUT2D eigenvalue weighted by molar-refractivity contribution is 6.03. The third-order valence-electron chi connectivity index (χ3n) is 8.68. The lowest BCUT2D eigenvalue weighted by Crippen LogP contribution is -2.54. The van der Waals surface area contributed by atoms with Crippen molar-refractivity contribution in [3.05, 3.63) is 48.5 Å². The van der Waals surface area contributed by atoms with E-state index in [4.69, 9.17) is 0 Å². The molecular weight excluding hydrogens is 476 g/mol. The number of carbonyl (C=O) groups excluding carboxylic acids is 1. The molecule has 3 saturated heterocycles. The number of H-pyrrole nitrogens is 1. The Bertz CT molecular complexity index is 1490. The minimum atomic E-state index is 0.101. The molecule has 0 saturated carbocycles. The van der Waals surface area contributed by atoms with E-state index < -0.39 is 0 Å². The summed E-state index contributed by atoms with van der Waals surface area (Å²) >= 11 is 0. The number of pyridine rings is 1. The van der Waals surface area contributed by atoms with E-state index in [1.807, 2.05) is 12.3 Å². The Balaban J connectivity index is 1.22. The number of likely N-dealkylation sites (N-methyl/N-ethyl adjacent to an activating group) is 1. The number of nitrogens with zero attached hydrogens (tertiary/aromatic N) is 6. The maximum absolute atomic E-state index is 13.6. The van der Waals surface area contributed by atoms with Crippen molar-refractivity contribution in [3.8, 4) is 11.1 Å². The lowest BCUT2D eigenvalue weighted by molar-refractivity contribution is 0.0472. The number of carbonyl (C=O) groups is 1. The topological polar surface area (TPSA) is 93.3 Å². The molecule has 2 unspecified atom stereocenters. The van der Waals surface area contributed by atoms with Crippen LogP contribution in [0.4, 0.5) is 5.82 Å². The molecule has 0 spiro atoms. The number of benzene rings is 1. The van der Waals surface area contributed by atoms with Gasteiger partial charge in [0.1, 0.15) is 17.8 Å². The SMILES string of the molecule is CN1CCC(Nc2ncnc3ccc(-c4c[nH]c5ncc(C(=O)N6C7CCC6CN(C)C7)cc45)cc23)CC1. The Labute approximate surface area is 222 Å². The van der Waals surface area contributed by atoms with Crippen molar-refractivity contribution in [2.24, 2.45) is 0 Å². The Morgan fingerprint density at radius 2 is 1.74 bits per heavy atom. The van der Waals surface area contributed by atoms with Crippen molar-refractivity contribution in [1.29, 1.82) is 0 Å². The first-order chi connectivity index (χ1) is 18.5. The molecule has 9 heteroatoms. The molecule has 2 N–H and O–H groups in total. The zero-order chi connectivity index (χ0) is 25.8. The Morgan fingerprint density at radius 3 is 2.53 bits per heavy atom. The standard InChI is InChI=1S/C29H34N8O/c1-35-9-7-20(8-10-35)34-28-24-11-18(3-6-26(24)32-17-33-28)25-14-31-27-23(25)12-19(13-30-27)29(38)37-21-4-5-22(37)16-36(2)15-21/h3,6,11-14,17,20-22H,4-5,7-10,15-16H2,1-2H3,(H,30,31)(H,32,33,34). The van der Waals surface area contributed by atoms with Crippen LogP contribution in [0, 0.1) is 0 Å². The fourth-order valence-corrected chi connectivity index (χ4v) is 6.64. The Kier molecular flexibility index (Phi) is 5.78. The van der Waals surface area contributed by atoms with Gasteiger partial charge in [-0.15, -0.1) is 0 Å². The molecule has 38 heavy (non-hydrogen) atoms. The quantitative estimate of drug-likeness (QED) is 0.433. The summed E-state index contributed by atoms with van der Waals surface area (Å²) in [6.45, 7) is 4.07. The molecule has 3 aliphatic rings. The van der Waals surface area contributed by atoms with Gasteiger partial charge in [-0.1, -0.05) is 6.07 Å². The van der Waals surface area contributed by atoms with Crippen molar-refractivity contribution in [3.63, 3.8) is 0 Å². The number of piperidine rings is 1. The first kappa shape index (κ1) is 23.5. The molecule has 0 radical (unpaired) electrons. The monoisotopic (exact) mass is 510 g/mol. The smallest absolute Gasteiger partial charge is 0.256 e. The van der Waals surface area contributed by atoms with Gasteiger partial charge in [-0.25, -0.2) is 15.0 Å². The van der Waals surface area contributed by atoms with E-state index in [0.29, 0.717) is 23.7 Å². The van der Waals surface area contributed by atoms with E-state index in [9.17, 15) is 4.79 Å². The summed E-state index contributed by atoms with van der Waals surface area (Å²) in [6.07, 6.45) is 9.71. The van der Waals surface area contributed by atoms with Crippen molar-refractivity contribution in [2.75, 3.05) is 45.6 Å². The summed E-state index contributed by atoms with van der Waals surface area (Å²) in [5.41, 5.74) is 4.44. The van der Waals surface area contributed by atoms with Gasteiger partial charge in [0.05, 0.1) is 11.1 Å². The van der Waals surface area contributed by atoms with Crippen LogP contribution in [0.5, 0.6) is 0 Å². The predicted octanol–water partition coefficient (Wildman–Crippen LogP) is 3.60. The molecule has 4 aromatic rings. The number of anilines is 1. The summed E-state index contributed by atoms with van der Waals surface area (Å²) in [6, 6.07) is 9.31. The van der Waals surface area contributed by atoms with Gasteiger partial charge >= 0.3 is 0 Å². The first-order valence-electron chi connectivity index (χ1n) is 13.7. The lowest BCUT2D eigenvalue weighted by atomic mass is 10.0. The van der Waals surface area contributed by atoms with Crippen LogP contribution in [0.25, 0.3) is 33.1 Å². The summed E-state index contributed by atoms with van der Waals surface area (Å²) in [5.74, 6) is 0.981. The molecule has 1 amide bonds. The highest BCUT2D eigenvalue weighted by Gasteiger charge is 2.41. The number of aromatic amines is 1. The van der Waals surface area contributed by atoms with Gasteiger partial charge in [-0.2, -0.15) is 0 Å². The zero-order valence-electron chi connectivity index (χ0n) is 22.0. The molecule has 196 valence electrons. The predicted molar refractivity (Wildman–Crippen MR) is 149 cm³/mol. The zero-order valence-corrected chi connectivity index (χ0v) is 22.0. The number of rotatable bonds is 4. The number of amides is 1. The van der Waals surface area contributed by atoms with Crippen LogP contribution in [-0.2, 0) is 0 Å². The van der Waals surface area contributed by atoms with Crippen LogP contribution in [-0.4, -0.2) is 98.9 Å². The molecule has 3 aromatic heterocycles. The molecular formula is C29H34N8O. The normalized spacial score (nSPS) is 22.9. The van der Waals surface area contributed by atoms with Gasteiger partial charge < -0.3 is 25.0 Å². The summed E-state index contributed by atoms with van der Waals surface area (Å²) in [5, 5.41) is 5.64. The number of piperazine rings is 1. The van der Waals surface area contributed by atoms with Crippen LogP contribution in [0.15, 0.2) is 43.0 Å². The van der Waals surface area contributed by atoms with Crippen LogP contribution in [0.2, 0.25) is 0 Å². The highest BCUT2D eigenvalue weighted by atomic mass is 16.2. The minimum absolute atomic E-state index is 0.101. The second-order valence-corrected chi connectivity index (χ2v) is 11.3. The number of hydrogen-bond acceptors (Lipinski definition) is 7. The van der Waals surface area contributed by atoms with E-state index >= 15 is 0 Å². The van der Waals surface area contributed by atoms with Gasteiger partial charge in [-0.3, -0.25) is 4.79 Å². The van der Waals surface area contributed by atoms with Gasteiger partial charge in [0.25, 0.3) is 5.91 Å². The molecule has 7 rings (SSSR count). The molecule has 3 fully saturated rings. The molecule has 2 atom stereocenters. The van der Waals surface area contributed by atoms with Gasteiger partial charge in [0.15, 0.2) is 0 Å². The Hall–Kier alpha value is -3.56. The number of aromatic nitrogens is 4. The van der Waals surface area contributed by atoms with Crippen molar-refractivity contribution < 1.29 is 4.79 Å². The van der Waals surface area contributed by atoms with Crippen molar-refractivity contribution in [2.45, 2.75) is 43.8 Å². The van der Waals surface area contributed by atoms with E-state index in [1.165, 1.54) is 0 Å². The van der Waals surface area contributed by atoms with Crippen LogP contribution in [0.3, 0.4) is 0 Å². The number of hydrogen-bond donors (Lipinski definition) is 2. The number of fused-ring (bicyclic) bond motifs is 4. The molecule has 2 bridgehead atoms. The average Bonchev–Trinajstić information content (AvgIpc) is 3.47. The van der Waals surface area contributed by atoms with E-state index in [-0.39, 0.29) is 5.91 Å². The maximum atomic E-state index is 13.6. The summed E-state index contributed by atoms with van der Waals surface area (Å²) in [7, 11) is 4.32. The number of likely N-dealkylation sites (tertiary alicyclic amines) is 2. The highest BCUT2D eigenvalue weighted by Crippen LogP contribution is 2.34. The molecule has 1 aromatic carbocycles. The van der Waals surface area contributed by atoms with Gasteiger partial charge in [0.2, 0.25) is 0 Å². The van der Waals surface area contributed by atoms with E-state index in [0.717, 1.165) is 90.7 Å². The fraction of sp³-hybridized carbons (Fsp3) is 0.448. The Morgan fingerprint density at radius 1 is 0.947 bits per heavy atom. The largest absolute Gasteiger partial charge is 0.367 e. The molecule has 0 aliphatic carbocycles. The average molecular weight is 511 g/mol. The fourth-order valence-electron chi connectivity index (χ4n) is 6.64. The van der Waals surface area contributed by atoms with Crippen LogP contribution < -0.4 is 5.32 Å². The third kappa shape index (κ3) is 4.10. The van der Waals surface area contributed by atoms with E-state index in [2.05, 4.69) is 72.2 Å². The number of nitrogens with one attached hydrogen (secondary N) is 2. The summed E-state index contributed by atoms with van der Waals surface area (Å²) in [4.78, 5) is 37.5. The lowest BCUT2D eigenvalue weighted by Gasteiger charge is -2.39. The van der Waals surface area contributed by atoms with E-state index in [1.54, 1.807) is 12.5 Å². The van der Waals surface area contributed by atoms with Gasteiger partial charge in [-0.05, 0) is 76.6 Å². The maximum Gasteiger partial charge on any atom is 0.256 e. The molecule has 3 aliphatic heterocycles. The second-order valence-electron chi connectivity index (χ2n) is 11.3. The van der Waals surface area contributed by atoms with Crippen LogP contribution in [0.1, 0.15) is 36.0 Å². The molecule has 9 nitrogen and oxygen atoms in total. The van der Waals surface area contributed by atoms with Crippen LogP contribution >= 0.6 is 0 Å². The first-order valence-corrected chi connectivity index (χ1v) is 13.7. The van der Waals surface area contributed by atoms with Crippen molar-refractivity contribution in [1.82, 2.24) is 34.6 Å². The van der Waals surface area contributed by atoms with Crippen molar-refractivity contribution >= 4 is 33.7 Å². The molecule has 6 heterocycles. The minimum Gasteiger partial charge on any atom is -0.367 e. The summed E-state index contributed by atoms with van der Waals surface area (Å²) < 4.78 is 0.